The van der Waals surface area contributed by atoms with E-state index in [0.29, 0.717) is 11.3 Å². The molecule has 116 valence electrons. The molecule has 0 unspecified atom stereocenters. The summed E-state index contributed by atoms with van der Waals surface area (Å²) >= 11 is 0. The van der Waals surface area contributed by atoms with Crippen LogP contribution in [0.15, 0.2) is 24.3 Å². The Bertz CT molecular complexity index is 494. The minimum atomic E-state index is -2.39. The van der Waals surface area contributed by atoms with Gasteiger partial charge in [0.15, 0.2) is 0 Å². The number of nitrogen functional groups attached to an aromatic ring is 1. The second kappa shape index (κ2) is 6.57. The van der Waals surface area contributed by atoms with E-state index in [2.05, 4.69) is 6.07 Å². The molecule has 0 radical (unpaired) electrons. The largest absolute Gasteiger partial charge is 0.398 e. The van der Waals surface area contributed by atoms with Gasteiger partial charge in [-0.25, -0.2) is 0 Å². The maximum atomic E-state index is 14.3. The summed E-state index contributed by atoms with van der Waals surface area (Å²) in [5.74, 6) is 0. The Morgan fingerprint density at radius 1 is 0.810 bits per heavy atom. The van der Waals surface area contributed by atoms with Gasteiger partial charge in [0.05, 0.1) is 0 Å². The Labute approximate surface area is 128 Å². The summed E-state index contributed by atoms with van der Waals surface area (Å²) in [6.45, 7) is 0. The second-order valence-corrected chi connectivity index (χ2v) is 10.2. The van der Waals surface area contributed by atoms with E-state index in [1.54, 1.807) is 0 Å². The Kier molecular flexibility index (Phi) is 4.74. The van der Waals surface area contributed by atoms with Crippen LogP contribution in [0.1, 0.15) is 64.2 Å². The maximum absolute atomic E-state index is 14.3. The van der Waals surface area contributed by atoms with E-state index in [1.165, 1.54) is 38.5 Å². The minimum absolute atomic E-state index is 0.388. The fraction of sp³-hybridized carbons (Fsp3) is 0.667. The average Bonchev–Trinajstić information content (AvgIpc) is 2.56. The molecule has 3 rings (SSSR count). The Hall–Kier alpha value is -0.750. The fourth-order valence-electron chi connectivity index (χ4n) is 4.43. The van der Waals surface area contributed by atoms with Crippen molar-refractivity contribution in [1.82, 2.24) is 0 Å². The Morgan fingerprint density at radius 3 is 1.76 bits per heavy atom. The van der Waals surface area contributed by atoms with Crippen LogP contribution in [0.2, 0.25) is 0 Å². The first kappa shape index (κ1) is 15.2. The average molecular weight is 305 g/mol. The van der Waals surface area contributed by atoms with Crippen molar-refractivity contribution in [2.24, 2.45) is 0 Å². The lowest BCUT2D eigenvalue weighted by Crippen LogP contribution is -2.30. The van der Waals surface area contributed by atoms with Gasteiger partial charge in [0.1, 0.15) is 7.14 Å². The smallest absolute Gasteiger partial charge is 0.123 e. The van der Waals surface area contributed by atoms with Gasteiger partial charge in [0.2, 0.25) is 0 Å². The van der Waals surface area contributed by atoms with Gasteiger partial charge >= 0.3 is 0 Å². The highest BCUT2D eigenvalue weighted by atomic mass is 31.2. The molecule has 0 amide bonds. The predicted octanol–water partition coefficient (Wildman–Crippen LogP) is 4.92. The van der Waals surface area contributed by atoms with E-state index in [4.69, 9.17) is 5.73 Å². The van der Waals surface area contributed by atoms with Crippen molar-refractivity contribution in [2.75, 3.05) is 5.73 Å². The van der Waals surface area contributed by atoms with Gasteiger partial charge in [-0.2, -0.15) is 0 Å². The van der Waals surface area contributed by atoms with Crippen LogP contribution in [0.3, 0.4) is 0 Å². The molecular weight excluding hydrogens is 277 g/mol. The molecule has 2 aliphatic carbocycles. The van der Waals surface area contributed by atoms with Gasteiger partial charge < -0.3 is 10.3 Å². The minimum Gasteiger partial charge on any atom is -0.398 e. The van der Waals surface area contributed by atoms with Gasteiger partial charge in [-0.1, -0.05) is 50.7 Å². The maximum Gasteiger partial charge on any atom is 0.123 e. The zero-order chi connectivity index (χ0) is 14.7. The Balaban J connectivity index is 2.01. The van der Waals surface area contributed by atoms with Crippen LogP contribution in [0.5, 0.6) is 0 Å². The highest BCUT2D eigenvalue weighted by Gasteiger charge is 2.43. The van der Waals surface area contributed by atoms with E-state index in [-0.39, 0.29) is 0 Å². The SMILES string of the molecule is Nc1ccccc1P(=O)(C1CCCCC1)C1CCCCC1. The normalized spacial score (nSPS) is 22.3. The molecular formula is C18H28NOP. The van der Waals surface area contributed by atoms with Gasteiger partial charge in [-0.3, -0.25) is 0 Å². The molecule has 0 saturated heterocycles. The lowest BCUT2D eigenvalue weighted by Gasteiger charge is -2.39. The molecule has 0 bridgehead atoms. The molecule has 0 spiro atoms. The van der Waals surface area contributed by atoms with E-state index in [0.717, 1.165) is 36.7 Å². The number of hydrogen-bond donors (Lipinski definition) is 1. The van der Waals surface area contributed by atoms with Crippen LogP contribution < -0.4 is 11.0 Å². The molecule has 0 atom stereocenters. The van der Waals surface area contributed by atoms with Crippen molar-refractivity contribution in [3.05, 3.63) is 24.3 Å². The van der Waals surface area contributed by atoms with Gasteiger partial charge in [0, 0.05) is 22.3 Å². The van der Waals surface area contributed by atoms with Gasteiger partial charge in [-0.15, -0.1) is 0 Å². The third-order valence-electron chi connectivity index (χ3n) is 5.55. The molecule has 21 heavy (non-hydrogen) atoms. The highest BCUT2D eigenvalue weighted by molar-refractivity contribution is 7.73. The van der Waals surface area contributed by atoms with Crippen molar-refractivity contribution in [3.63, 3.8) is 0 Å². The summed E-state index contributed by atoms with van der Waals surface area (Å²) in [5, 5.41) is 1.00. The number of benzene rings is 1. The van der Waals surface area contributed by atoms with Crippen LogP contribution in [-0.2, 0) is 4.57 Å². The molecule has 2 N–H and O–H groups in total. The first-order valence-electron chi connectivity index (χ1n) is 8.67. The summed E-state index contributed by atoms with van der Waals surface area (Å²) in [7, 11) is -2.39. The van der Waals surface area contributed by atoms with Crippen LogP contribution in [-0.4, -0.2) is 11.3 Å². The van der Waals surface area contributed by atoms with Crippen LogP contribution in [0.4, 0.5) is 5.69 Å². The van der Waals surface area contributed by atoms with Gasteiger partial charge in [-0.05, 0) is 37.8 Å². The molecule has 0 aliphatic heterocycles. The van der Waals surface area contributed by atoms with Crippen molar-refractivity contribution in [2.45, 2.75) is 75.5 Å². The monoisotopic (exact) mass is 305 g/mol. The molecule has 1 aromatic carbocycles. The number of hydrogen-bond acceptors (Lipinski definition) is 2. The molecule has 2 aliphatic rings. The summed E-state index contributed by atoms with van der Waals surface area (Å²) in [6, 6.07) is 7.97. The van der Waals surface area contributed by atoms with Crippen molar-refractivity contribution in [3.8, 4) is 0 Å². The number of rotatable bonds is 3. The zero-order valence-electron chi connectivity index (χ0n) is 13.0. The van der Waals surface area contributed by atoms with E-state index in [1.807, 2.05) is 18.2 Å². The lowest BCUT2D eigenvalue weighted by atomic mass is 9.99. The highest BCUT2D eigenvalue weighted by Crippen LogP contribution is 2.62. The fourth-order valence-corrected chi connectivity index (χ4v) is 8.87. The number of nitrogens with two attached hydrogens (primary N) is 1. The summed E-state index contributed by atoms with van der Waals surface area (Å²) < 4.78 is 14.3. The summed E-state index contributed by atoms with van der Waals surface area (Å²) in [4.78, 5) is 0. The molecule has 0 heterocycles. The molecule has 3 heteroatoms. The predicted molar refractivity (Wildman–Crippen MR) is 91.8 cm³/mol. The number of anilines is 1. The third-order valence-corrected chi connectivity index (χ3v) is 9.91. The van der Waals surface area contributed by atoms with Gasteiger partial charge in [0.25, 0.3) is 0 Å². The molecule has 2 fully saturated rings. The summed E-state index contributed by atoms with van der Waals surface area (Å²) in [6.07, 6.45) is 12.2. The standard InChI is InChI=1S/C18H28NOP/c19-17-13-7-8-14-18(17)21(20,15-9-3-1-4-10-15)16-11-5-2-6-12-16/h7-8,13-16H,1-6,9-12,19H2. The Morgan fingerprint density at radius 2 is 1.29 bits per heavy atom. The van der Waals surface area contributed by atoms with Crippen LogP contribution >= 0.6 is 7.14 Å². The van der Waals surface area contributed by atoms with Crippen molar-refractivity contribution in [1.29, 1.82) is 0 Å². The molecule has 2 nitrogen and oxygen atoms in total. The first-order valence-corrected chi connectivity index (χ1v) is 10.5. The molecule has 1 aromatic rings. The van der Waals surface area contributed by atoms with E-state index in [9.17, 15) is 4.57 Å². The number of para-hydroxylation sites is 1. The van der Waals surface area contributed by atoms with Crippen LogP contribution in [0, 0.1) is 0 Å². The summed E-state index contributed by atoms with van der Waals surface area (Å²) in [5.41, 5.74) is 7.78. The second-order valence-electron chi connectivity index (χ2n) is 6.85. The first-order chi connectivity index (χ1) is 10.2. The van der Waals surface area contributed by atoms with Crippen LogP contribution in [0.25, 0.3) is 0 Å². The molecule has 2 saturated carbocycles. The molecule has 0 aromatic heterocycles. The van der Waals surface area contributed by atoms with E-state index < -0.39 is 7.14 Å². The zero-order valence-corrected chi connectivity index (χ0v) is 13.9. The quantitative estimate of drug-likeness (QED) is 0.636. The van der Waals surface area contributed by atoms with E-state index >= 15 is 0 Å². The van der Waals surface area contributed by atoms with Crippen molar-refractivity contribution >= 4 is 18.1 Å². The topological polar surface area (TPSA) is 43.1 Å². The van der Waals surface area contributed by atoms with Crippen molar-refractivity contribution < 1.29 is 4.57 Å². The third kappa shape index (κ3) is 2.93. The lowest BCUT2D eigenvalue weighted by molar-refractivity contribution is 0.453.